The third-order valence-corrected chi connectivity index (χ3v) is 6.00. The summed E-state index contributed by atoms with van der Waals surface area (Å²) in [4.78, 5) is 29.3. The van der Waals surface area contributed by atoms with Crippen molar-refractivity contribution in [2.45, 2.75) is 30.9 Å². The monoisotopic (exact) mass is 439 g/mol. The highest BCUT2D eigenvalue weighted by Gasteiger charge is 2.20. The topological polar surface area (TPSA) is 110 Å². The molecule has 9 heteroatoms. The zero-order valence-corrected chi connectivity index (χ0v) is 17.5. The van der Waals surface area contributed by atoms with Gasteiger partial charge in [0.2, 0.25) is 0 Å². The van der Waals surface area contributed by atoms with Crippen LogP contribution in [0.3, 0.4) is 0 Å². The number of hydrogen-bond donors (Lipinski definition) is 1. The molecule has 2 aromatic carbocycles. The number of aliphatic carboxylic acids is 1. The zero-order chi connectivity index (χ0) is 21.8. The fourth-order valence-electron chi connectivity index (χ4n) is 3.64. The fourth-order valence-corrected chi connectivity index (χ4v) is 4.37. The van der Waals surface area contributed by atoms with Crippen LogP contribution in [0, 0.1) is 10.1 Å². The molecule has 0 atom stereocenters. The summed E-state index contributed by atoms with van der Waals surface area (Å²) in [6, 6.07) is 11.8. The molecular formula is C22H21N3O5S. The molecule has 0 aliphatic carbocycles. The average Bonchev–Trinajstić information content (AvgIpc) is 2.97. The molecular weight excluding hydrogens is 418 g/mol. The Morgan fingerprint density at radius 2 is 1.90 bits per heavy atom. The quantitative estimate of drug-likeness (QED) is 0.237. The number of benzene rings is 2. The Morgan fingerprint density at radius 3 is 2.58 bits per heavy atom. The summed E-state index contributed by atoms with van der Waals surface area (Å²) >= 11 is 0.887. The summed E-state index contributed by atoms with van der Waals surface area (Å²) in [6.07, 6.45) is 5.81. The minimum Gasteiger partial charge on any atom is -0.477 e. The number of nitrogens with zero attached hydrogens (tertiary/aromatic N) is 3. The molecule has 1 aliphatic rings. The molecule has 0 amide bonds. The van der Waals surface area contributed by atoms with Crippen LogP contribution in [0.4, 0.5) is 11.4 Å². The van der Waals surface area contributed by atoms with Gasteiger partial charge >= 0.3 is 5.97 Å². The zero-order valence-electron chi connectivity index (χ0n) is 16.7. The van der Waals surface area contributed by atoms with Crippen molar-refractivity contribution in [2.24, 2.45) is 0 Å². The first-order valence-electron chi connectivity index (χ1n) is 10.0. The second kappa shape index (κ2) is 9.22. The van der Waals surface area contributed by atoms with Crippen LogP contribution in [0.15, 0.2) is 57.0 Å². The molecule has 1 fully saturated rings. The van der Waals surface area contributed by atoms with Crippen LogP contribution in [0.1, 0.15) is 31.2 Å². The molecule has 8 nitrogen and oxygen atoms in total. The predicted molar refractivity (Wildman–Crippen MR) is 119 cm³/mol. The minimum absolute atomic E-state index is 0.0249. The standard InChI is InChI=1S/C22H21N3O5S/c26-21(27)20(31-22-23-17-7-3-4-8-19(17)30-22)14-15-13-16(25(28)29)9-10-18(15)24-11-5-1-2-6-12-24/h3-4,7-10,13-14H,1-2,5-6,11-12H2,(H,26,27)/b20-14+. The van der Waals surface area contributed by atoms with Crippen LogP contribution in [0.5, 0.6) is 0 Å². The van der Waals surface area contributed by atoms with E-state index in [1.54, 1.807) is 18.2 Å². The van der Waals surface area contributed by atoms with E-state index in [-0.39, 0.29) is 15.8 Å². The van der Waals surface area contributed by atoms with Crippen molar-refractivity contribution in [3.8, 4) is 0 Å². The third-order valence-electron chi connectivity index (χ3n) is 5.14. The van der Waals surface area contributed by atoms with E-state index < -0.39 is 10.9 Å². The van der Waals surface area contributed by atoms with Gasteiger partial charge in [-0.05, 0) is 48.9 Å². The number of carboxylic acids is 1. The van der Waals surface area contributed by atoms with Gasteiger partial charge in [0.05, 0.1) is 4.92 Å². The number of hydrogen-bond acceptors (Lipinski definition) is 7. The number of oxazole rings is 1. The second-order valence-electron chi connectivity index (χ2n) is 7.26. The smallest absolute Gasteiger partial charge is 0.342 e. The van der Waals surface area contributed by atoms with Gasteiger partial charge in [0.15, 0.2) is 5.58 Å². The van der Waals surface area contributed by atoms with Gasteiger partial charge < -0.3 is 14.4 Å². The van der Waals surface area contributed by atoms with Gasteiger partial charge in [-0.25, -0.2) is 9.78 Å². The van der Waals surface area contributed by atoms with E-state index in [9.17, 15) is 20.0 Å². The van der Waals surface area contributed by atoms with Crippen molar-refractivity contribution in [2.75, 3.05) is 18.0 Å². The molecule has 160 valence electrons. The molecule has 2 heterocycles. The van der Waals surface area contributed by atoms with Gasteiger partial charge in [-0.2, -0.15) is 0 Å². The maximum absolute atomic E-state index is 12.0. The number of fused-ring (bicyclic) bond motifs is 1. The first-order valence-corrected chi connectivity index (χ1v) is 10.8. The van der Waals surface area contributed by atoms with Crippen LogP contribution in [0.25, 0.3) is 17.2 Å². The Labute approximate surface area is 182 Å². The molecule has 1 saturated heterocycles. The van der Waals surface area contributed by atoms with Crippen molar-refractivity contribution in [1.29, 1.82) is 0 Å². The van der Waals surface area contributed by atoms with E-state index in [1.165, 1.54) is 18.2 Å². The lowest BCUT2D eigenvalue weighted by Gasteiger charge is -2.24. The Kier molecular flexibility index (Phi) is 6.22. The molecule has 1 aliphatic heterocycles. The summed E-state index contributed by atoms with van der Waals surface area (Å²) in [6.45, 7) is 1.67. The van der Waals surface area contributed by atoms with Crippen molar-refractivity contribution < 1.29 is 19.2 Å². The van der Waals surface area contributed by atoms with Gasteiger partial charge in [-0.15, -0.1) is 0 Å². The van der Waals surface area contributed by atoms with Crippen LogP contribution in [-0.2, 0) is 4.79 Å². The van der Waals surface area contributed by atoms with Crippen LogP contribution >= 0.6 is 11.8 Å². The van der Waals surface area contributed by atoms with Gasteiger partial charge in [-0.1, -0.05) is 25.0 Å². The van der Waals surface area contributed by atoms with Crippen molar-refractivity contribution in [1.82, 2.24) is 4.98 Å². The number of thioether (sulfide) groups is 1. The number of carboxylic acid groups (broad SMARTS) is 1. The summed E-state index contributed by atoms with van der Waals surface area (Å²) in [7, 11) is 0. The van der Waals surface area contributed by atoms with E-state index in [1.807, 2.05) is 12.1 Å². The Bertz CT molecular complexity index is 1120. The number of para-hydroxylation sites is 2. The van der Waals surface area contributed by atoms with Crippen molar-refractivity contribution in [3.63, 3.8) is 0 Å². The SMILES string of the molecule is O=C(O)/C(=C\c1cc([N+](=O)[O-])ccc1N1CCCCCC1)Sc1nc2ccccc2o1. The minimum atomic E-state index is -1.15. The summed E-state index contributed by atoms with van der Waals surface area (Å²) < 4.78 is 5.64. The molecule has 1 N–H and O–H groups in total. The van der Waals surface area contributed by atoms with E-state index in [2.05, 4.69) is 9.88 Å². The second-order valence-corrected chi connectivity index (χ2v) is 8.26. The molecule has 0 spiro atoms. The maximum Gasteiger partial charge on any atom is 0.342 e. The van der Waals surface area contributed by atoms with Gasteiger partial charge in [0.25, 0.3) is 10.9 Å². The van der Waals surface area contributed by atoms with E-state index >= 15 is 0 Å². The van der Waals surface area contributed by atoms with E-state index in [0.29, 0.717) is 16.7 Å². The first-order chi connectivity index (χ1) is 15.0. The molecule has 0 bridgehead atoms. The highest BCUT2D eigenvalue weighted by molar-refractivity contribution is 8.03. The first kappa shape index (κ1) is 20.9. The number of carbonyl (C=O) groups is 1. The molecule has 4 rings (SSSR count). The van der Waals surface area contributed by atoms with Gasteiger partial charge in [0.1, 0.15) is 10.4 Å². The number of aromatic nitrogens is 1. The normalized spacial score (nSPS) is 15.1. The maximum atomic E-state index is 12.0. The molecule has 3 aromatic rings. The lowest BCUT2D eigenvalue weighted by molar-refractivity contribution is -0.384. The Hall–Kier alpha value is -3.33. The van der Waals surface area contributed by atoms with Gasteiger partial charge in [-0.3, -0.25) is 10.1 Å². The number of nitro groups is 1. The number of nitro benzene ring substituents is 1. The number of rotatable bonds is 6. The summed E-state index contributed by atoms with van der Waals surface area (Å²) in [5.74, 6) is -1.15. The molecule has 1 aromatic heterocycles. The highest BCUT2D eigenvalue weighted by atomic mass is 32.2. The largest absolute Gasteiger partial charge is 0.477 e. The van der Waals surface area contributed by atoms with E-state index in [4.69, 9.17) is 4.42 Å². The molecule has 0 saturated carbocycles. The lowest BCUT2D eigenvalue weighted by atomic mass is 10.1. The average molecular weight is 439 g/mol. The van der Waals surface area contributed by atoms with Gasteiger partial charge in [0, 0.05) is 36.5 Å². The van der Waals surface area contributed by atoms with Crippen molar-refractivity contribution in [3.05, 3.63) is 63.0 Å². The number of anilines is 1. The molecule has 0 unspecified atom stereocenters. The highest BCUT2D eigenvalue weighted by Crippen LogP contribution is 2.34. The Morgan fingerprint density at radius 1 is 1.16 bits per heavy atom. The van der Waals surface area contributed by atoms with Crippen LogP contribution < -0.4 is 4.90 Å². The summed E-state index contributed by atoms with van der Waals surface area (Å²) in [5.41, 5.74) is 2.41. The van der Waals surface area contributed by atoms with Crippen LogP contribution in [-0.4, -0.2) is 34.1 Å². The fraction of sp³-hybridized carbons (Fsp3) is 0.273. The molecule has 31 heavy (non-hydrogen) atoms. The summed E-state index contributed by atoms with van der Waals surface area (Å²) in [5, 5.41) is 21.3. The van der Waals surface area contributed by atoms with Crippen molar-refractivity contribution >= 4 is 46.3 Å². The predicted octanol–water partition coefficient (Wildman–Crippen LogP) is 5.33. The Balaban J connectivity index is 1.73. The third kappa shape index (κ3) is 4.88. The van der Waals surface area contributed by atoms with E-state index in [0.717, 1.165) is 56.2 Å². The molecule has 0 radical (unpaired) electrons. The number of non-ortho nitro benzene ring substituents is 1. The van der Waals surface area contributed by atoms with Crippen LogP contribution in [0.2, 0.25) is 0 Å². The lowest BCUT2D eigenvalue weighted by Crippen LogP contribution is -2.24.